The van der Waals surface area contributed by atoms with Gasteiger partial charge >= 0.3 is 0 Å². The number of non-ortho nitro benzene ring substituents is 2. The fourth-order valence-corrected chi connectivity index (χ4v) is 3.68. The molecule has 0 unspecified atom stereocenters. The second-order valence-electron chi connectivity index (χ2n) is 7.90. The van der Waals surface area contributed by atoms with E-state index in [0.29, 0.717) is 11.4 Å². The van der Waals surface area contributed by atoms with Gasteiger partial charge in [0.2, 0.25) is 0 Å². The summed E-state index contributed by atoms with van der Waals surface area (Å²) >= 11 is 0. The van der Waals surface area contributed by atoms with Gasteiger partial charge in [0.1, 0.15) is 0 Å². The Balaban J connectivity index is 1.93. The van der Waals surface area contributed by atoms with Crippen LogP contribution in [0.2, 0.25) is 0 Å². The lowest BCUT2D eigenvalue weighted by Crippen LogP contribution is -2.55. The van der Waals surface area contributed by atoms with Crippen molar-refractivity contribution >= 4 is 39.8 Å². The Morgan fingerprint density at radius 2 is 1.24 bits per heavy atom. The molecule has 0 saturated heterocycles. The van der Waals surface area contributed by atoms with E-state index in [1.165, 1.54) is 64.8 Å². The van der Waals surface area contributed by atoms with Crippen LogP contribution in [0.4, 0.5) is 39.8 Å². The Morgan fingerprint density at radius 3 is 1.87 bits per heavy atom. The third-order valence-electron chi connectivity index (χ3n) is 5.50. The van der Waals surface area contributed by atoms with E-state index >= 15 is 0 Å². The van der Waals surface area contributed by atoms with Gasteiger partial charge in [0, 0.05) is 37.4 Å². The number of nitrogens with one attached hydrogen (secondary N) is 1. The van der Waals surface area contributed by atoms with Gasteiger partial charge in [-0.3, -0.25) is 40.8 Å². The van der Waals surface area contributed by atoms with Gasteiger partial charge in [-0.15, -0.1) is 0 Å². The SMILES string of the molecule is CN(c1ccccc1)N(c1ccccc1[N+](=O)[O-])N(Nc1ccc([N+](=O)[O-])cc1)c1cccc([N+](=O)[O-])c1. The minimum absolute atomic E-state index is 0.130. The smallest absolute Gasteiger partial charge is 0.278 e. The van der Waals surface area contributed by atoms with E-state index in [0.717, 1.165) is 0 Å². The summed E-state index contributed by atoms with van der Waals surface area (Å²) in [5, 5.41) is 39.2. The van der Waals surface area contributed by atoms with Gasteiger partial charge in [-0.2, -0.15) is 10.2 Å². The van der Waals surface area contributed by atoms with Crippen molar-refractivity contribution in [3.8, 4) is 0 Å². The number of anilines is 4. The number of hydrogen-bond donors (Lipinski definition) is 1. The van der Waals surface area contributed by atoms with Crippen LogP contribution in [-0.4, -0.2) is 21.8 Å². The normalized spacial score (nSPS) is 10.3. The predicted octanol–water partition coefficient (Wildman–Crippen LogP) is 5.72. The third kappa shape index (κ3) is 5.41. The molecule has 0 amide bonds. The first kappa shape index (κ1) is 25.4. The van der Waals surface area contributed by atoms with Crippen molar-refractivity contribution in [1.29, 1.82) is 0 Å². The quantitative estimate of drug-likeness (QED) is 0.205. The summed E-state index contributed by atoms with van der Waals surface area (Å²) < 4.78 is 0. The van der Waals surface area contributed by atoms with E-state index in [1.54, 1.807) is 54.5 Å². The third-order valence-corrected chi connectivity index (χ3v) is 5.50. The second kappa shape index (κ2) is 10.9. The molecule has 4 rings (SSSR count). The predicted molar refractivity (Wildman–Crippen MR) is 143 cm³/mol. The number of rotatable bonds is 10. The first-order valence-corrected chi connectivity index (χ1v) is 11.1. The Morgan fingerprint density at radius 1 is 0.632 bits per heavy atom. The largest absolute Gasteiger partial charge is 0.296 e. The highest BCUT2D eigenvalue weighted by Crippen LogP contribution is 2.35. The van der Waals surface area contributed by atoms with Crippen LogP contribution < -0.4 is 20.7 Å². The first-order chi connectivity index (χ1) is 18.3. The summed E-state index contributed by atoms with van der Waals surface area (Å²) in [6, 6.07) is 26.3. The summed E-state index contributed by atoms with van der Waals surface area (Å²) in [7, 11) is 1.67. The number of hydrogen-bond acceptors (Lipinski definition) is 10. The van der Waals surface area contributed by atoms with Gasteiger partial charge in [-0.1, -0.05) is 36.4 Å². The second-order valence-corrected chi connectivity index (χ2v) is 7.90. The molecule has 13 nitrogen and oxygen atoms in total. The molecule has 0 atom stereocenters. The Labute approximate surface area is 216 Å². The molecule has 0 fully saturated rings. The Kier molecular flexibility index (Phi) is 7.28. The monoisotopic (exact) mass is 515 g/mol. The van der Waals surface area contributed by atoms with Crippen LogP contribution in [0.3, 0.4) is 0 Å². The first-order valence-electron chi connectivity index (χ1n) is 11.1. The van der Waals surface area contributed by atoms with E-state index in [-0.39, 0.29) is 28.4 Å². The maximum absolute atomic E-state index is 12.0. The maximum atomic E-state index is 12.0. The fraction of sp³-hybridized carbons (Fsp3) is 0.0400. The molecule has 0 aromatic heterocycles. The standard InChI is InChI=1S/C25H21N7O6/c1-27(20-8-3-2-4-9-20)29(24-12-5-6-13-25(24)32(37)38)28(22-10-7-11-23(18-22)31(35)36)26-19-14-16-21(17-15-19)30(33)34/h2-18,26H,1H3. The zero-order valence-corrected chi connectivity index (χ0v) is 19.9. The highest BCUT2D eigenvalue weighted by molar-refractivity contribution is 5.74. The molecule has 0 aliphatic rings. The van der Waals surface area contributed by atoms with Gasteiger partial charge < -0.3 is 0 Å². The van der Waals surface area contributed by atoms with Crippen molar-refractivity contribution in [2.75, 3.05) is 27.7 Å². The van der Waals surface area contributed by atoms with Crippen molar-refractivity contribution in [3.63, 3.8) is 0 Å². The molecule has 1 N–H and O–H groups in total. The highest BCUT2D eigenvalue weighted by atomic mass is 16.6. The highest BCUT2D eigenvalue weighted by Gasteiger charge is 2.30. The number of nitrogens with zero attached hydrogens (tertiary/aromatic N) is 6. The lowest BCUT2D eigenvalue weighted by atomic mass is 10.2. The van der Waals surface area contributed by atoms with Crippen LogP contribution in [0.15, 0.2) is 103 Å². The van der Waals surface area contributed by atoms with Crippen LogP contribution in [-0.2, 0) is 0 Å². The van der Waals surface area contributed by atoms with Crippen molar-refractivity contribution in [3.05, 3.63) is 133 Å². The average molecular weight is 515 g/mol. The zero-order valence-electron chi connectivity index (χ0n) is 19.9. The van der Waals surface area contributed by atoms with E-state index in [2.05, 4.69) is 5.43 Å². The van der Waals surface area contributed by atoms with Gasteiger partial charge in [-0.05, 0) is 36.4 Å². The molecule has 0 radical (unpaired) electrons. The number of nitro groups is 3. The number of hydrazine groups is 3. The molecular formula is C25H21N7O6. The lowest BCUT2D eigenvalue weighted by Gasteiger charge is -2.43. The molecule has 0 saturated carbocycles. The van der Waals surface area contributed by atoms with Crippen molar-refractivity contribution in [1.82, 2.24) is 0 Å². The number of para-hydroxylation sites is 3. The zero-order chi connectivity index (χ0) is 27.2. The molecule has 4 aromatic carbocycles. The van der Waals surface area contributed by atoms with Crippen LogP contribution in [0.25, 0.3) is 0 Å². The Bertz CT molecular complexity index is 1470. The molecule has 13 heteroatoms. The molecular weight excluding hydrogens is 494 g/mol. The summed E-state index contributed by atoms with van der Waals surface area (Å²) in [6.45, 7) is 0. The molecule has 4 aromatic rings. The van der Waals surface area contributed by atoms with Crippen LogP contribution in [0.5, 0.6) is 0 Å². The lowest BCUT2D eigenvalue weighted by molar-refractivity contribution is -0.385. The summed E-state index contributed by atoms with van der Waals surface area (Å²) in [5.74, 6) is 0. The van der Waals surface area contributed by atoms with E-state index in [1.807, 2.05) is 6.07 Å². The van der Waals surface area contributed by atoms with Crippen LogP contribution in [0, 0.1) is 30.3 Å². The Hall–Kier alpha value is -5.72. The summed E-state index contributed by atoms with van der Waals surface area (Å²) in [5.41, 5.74) is 3.96. The molecule has 0 aliphatic heterocycles. The maximum Gasteiger partial charge on any atom is 0.296 e. The molecule has 0 aliphatic carbocycles. The van der Waals surface area contributed by atoms with Gasteiger partial charge in [-0.25, -0.2) is 0 Å². The van der Waals surface area contributed by atoms with Gasteiger partial charge in [0.05, 0.1) is 31.8 Å². The minimum Gasteiger partial charge on any atom is -0.278 e. The van der Waals surface area contributed by atoms with Crippen molar-refractivity contribution in [2.45, 2.75) is 0 Å². The van der Waals surface area contributed by atoms with Crippen molar-refractivity contribution < 1.29 is 14.8 Å². The topological polar surface area (TPSA) is 151 Å². The van der Waals surface area contributed by atoms with E-state index in [9.17, 15) is 30.3 Å². The molecule has 0 spiro atoms. The molecule has 0 bridgehead atoms. The van der Waals surface area contributed by atoms with Crippen LogP contribution >= 0.6 is 0 Å². The van der Waals surface area contributed by atoms with Gasteiger partial charge in [0.15, 0.2) is 5.69 Å². The van der Waals surface area contributed by atoms with E-state index in [4.69, 9.17) is 0 Å². The van der Waals surface area contributed by atoms with Crippen molar-refractivity contribution in [2.24, 2.45) is 0 Å². The van der Waals surface area contributed by atoms with E-state index < -0.39 is 14.8 Å². The molecule has 0 heterocycles. The summed E-state index contributed by atoms with van der Waals surface area (Å²) in [4.78, 5) is 33.1. The number of nitro benzene ring substituents is 3. The average Bonchev–Trinajstić information content (AvgIpc) is 2.93. The van der Waals surface area contributed by atoms with Gasteiger partial charge in [0.25, 0.3) is 17.1 Å². The van der Waals surface area contributed by atoms with Crippen LogP contribution in [0.1, 0.15) is 0 Å². The minimum atomic E-state index is -0.552. The summed E-state index contributed by atoms with van der Waals surface area (Å²) in [6.07, 6.45) is 0. The fourth-order valence-electron chi connectivity index (χ4n) is 3.68. The molecule has 38 heavy (non-hydrogen) atoms. The number of benzene rings is 4. The molecule has 192 valence electrons.